The van der Waals surface area contributed by atoms with E-state index in [1.54, 1.807) is 0 Å². The van der Waals surface area contributed by atoms with Gasteiger partial charge < -0.3 is 11.5 Å². The molecule has 0 bridgehead atoms. The van der Waals surface area contributed by atoms with Crippen LogP contribution in [0.25, 0.3) is 0 Å². The van der Waals surface area contributed by atoms with Gasteiger partial charge >= 0.3 is 0 Å². The molecule has 3 rings (SSSR count). The first-order valence-corrected chi connectivity index (χ1v) is 6.74. The van der Waals surface area contributed by atoms with E-state index >= 15 is 0 Å². The van der Waals surface area contributed by atoms with Crippen LogP contribution >= 0.6 is 24.0 Å². The number of guanidine groups is 2. The van der Waals surface area contributed by atoms with Crippen LogP contribution in [0.2, 0.25) is 5.02 Å². The zero-order chi connectivity index (χ0) is 13.5. The Kier molecular flexibility index (Phi) is 4.11. The summed E-state index contributed by atoms with van der Waals surface area (Å²) in [6.45, 7) is 0. The molecular formula is C13H17Cl2N5. The summed E-state index contributed by atoms with van der Waals surface area (Å²) in [6.07, 6.45) is 4.11. The van der Waals surface area contributed by atoms with E-state index in [4.69, 9.17) is 23.1 Å². The van der Waals surface area contributed by atoms with Crippen molar-refractivity contribution in [3.8, 4) is 0 Å². The molecule has 2 aliphatic rings. The van der Waals surface area contributed by atoms with Crippen LogP contribution in [0.5, 0.6) is 0 Å². The fourth-order valence-corrected chi connectivity index (χ4v) is 3.03. The van der Waals surface area contributed by atoms with Gasteiger partial charge in [-0.15, -0.1) is 12.4 Å². The molecule has 1 heterocycles. The first-order chi connectivity index (χ1) is 9.11. The first-order valence-electron chi connectivity index (χ1n) is 6.36. The summed E-state index contributed by atoms with van der Waals surface area (Å²) in [5.41, 5.74) is 12.4. The SMILES string of the molecule is Cl.NC1=NC2(CCCC2)N(c2ccc(Cl)cc2)C(N)=N1. The average molecular weight is 314 g/mol. The third kappa shape index (κ3) is 2.43. The summed E-state index contributed by atoms with van der Waals surface area (Å²) in [4.78, 5) is 10.6. The Balaban J connectivity index is 0.00000147. The summed E-state index contributed by atoms with van der Waals surface area (Å²) in [6, 6.07) is 7.55. The maximum absolute atomic E-state index is 6.08. The number of nitrogens with zero attached hydrogens (tertiary/aromatic N) is 3. The molecule has 1 saturated carbocycles. The second-order valence-electron chi connectivity index (χ2n) is 4.94. The van der Waals surface area contributed by atoms with Crippen molar-refractivity contribution in [3.05, 3.63) is 29.3 Å². The zero-order valence-corrected chi connectivity index (χ0v) is 12.5. The summed E-state index contributed by atoms with van der Waals surface area (Å²) in [5, 5.41) is 0.694. The van der Waals surface area contributed by atoms with Crippen LogP contribution in [0.4, 0.5) is 5.69 Å². The molecule has 5 nitrogen and oxygen atoms in total. The third-order valence-electron chi connectivity index (χ3n) is 3.69. The number of hydrogen-bond donors (Lipinski definition) is 2. The second kappa shape index (κ2) is 5.50. The molecule has 0 unspecified atom stereocenters. The van der Waals surface area contributed by atoms with E-state index in [-0.39, 0.29) is 24.0 Å². The predicted octanol–water partition coefficient (Wildman–Crippen LogP) is 2.48. The largest absolute Gasteiger partial charge is 0.369 e. The Morgan fingerprint density at radius 3 is 2.30 bits per heavy atom. The van der Waals surface area contributed by atoms with Crippen LogP contribution in [0.15, 0.2) is 34.3 Å². The highest BCUT2D eigenvalue weighted by Gasteiger charge is 2.43. The van der Waals surface area contributed by atoms with Crippen LogP contribution in [-0.4, -0.2) is 17.6 Å². The van der Waals surface area contributed by atoms with Crippen molar-refractivity contribution in [1.29, 1.82) is 0 Å². The molecule has 1 aromatic rings. The minimum atomic E-state index is -0.371. The van der Waals surface area contributed by atoms with Crippen LogP contribution < -0.4 is 16.4 Å². The van der Waals surface area contributed by atoms with Crippen molar-refractivity contribution >= 4 is 41.6 Å². The van der Waals surface area contributed by atoms with E-state index in [1.807, 2.05) is 29.2 Å². The highest BCUT2D eigenvalue weighted by Crippen LogP contribution is 2.40. The fourth-order valence-electron chi connectivity index (χ4n) is 2.91. The molecule has 0 atom stereocenters. The number of nitrogens with two attached hydrogens (primary N) is 2. The van der Waals surface area contributed by atoms with Crippen molar-refractivity contribution < 1.29 is 0 Å². The lowest BCUT2D eigenvalue weighted by molar-refractivity contribution is 0.452. The van der Waals surface area contributed by atoms with Crippen molar-refractivity contribution in [2.24, 2.45) is 21.5 Å². The Morgan fingerprint density at radius 1 is 1.10 bits per heavy atom. The molecule has 0 amide bonds. The molecule has 1 aliphatic heterocycles. The lowest BCUT2D eigenvalue weighted by Crippen LogP contribution is -2.56. The van der Waals surface area contributed by atoms with Crippen LogP contribution in [0.3, 0.4) is 0 Å². The van der Waals surface area contributed by atoms with Gasteiger partial charge in [-0.05, 0) is 49.9 Å². The fraction of sp³-hybridized carbons (Fsp3) is 0.385. The van der Waals surface area contributed by atoms with Crippen molar-refractivity contribution in [3.63, 3.8) is 0 Å². The van der Waals surface area contributed by atoms with Crippen molar-refractivity contribution in [2.75, 3.05) is 4.90 Å². The topological polar surface area (TPSA) is 80.0 Å². The first kappa shape index (κ1) is 14.9. The van der Waals surface area contributed by atoms with Crippen molar-refractivity contribution in [1.82, 2.24) is 0 Å². The quantitative estimate of drug-likeness (QED) is 0.835. The van der Waals surface area contributed by atoms with Gasteiger partial charge in [0, 0.05) is 10.7 Å². The highest BCUT2D eigenvalue weighted by atomic mass is 35.5. The van der Waals surface area contributed by atoms with Crippen LogP contribution in [0.1, 0.15) is 25.7 Å². The molecule has 0 aromatic heterocycles. The average Bonchev–Trinajstić information content (AvgIpc) is 2.79. The smallest absolute Gasteiger partial charge is 0.220 e. The predicted molar refractivity (Wildman–Crippen MR) is 85.6 cm³/mol. The van der Waals surface area contributed by atoms with Crippen LogP contribution in [0, 0.1) is 0 Å². The standard InChI is InChI=1S/C13H16ClN5.ClH/c14-9-3-5-10(6-4-9)19-12(16)17-11(15)18-13(19)7-1-2-8-13;/h3-6H,1-2,7-8H2,(H4,15,16,17,18);1H. The van der Waals surface area contributed by atoms with Gasteiger partial charge in [-0.1, -0.05) is 11.6 Å². The van der Waals surface area contributed by atoms with E-state index in [2.05, 4.69) is 9.98 Å². The summed E-state index contributed by atoms with van der Waals surface area (Å²) in [7, 11) is 0. The lowest BCUT2D eigenvalue weighted by atomic mass is 10.1. The number of aliphatic imine (C=N–C) groups is 2. The van der Waals surface area contributed by atoms with Gasteiger partial charge in [0.15, 0.2) is 0 Å². The monoisotopic (exact) mass is 313 g/mol. The third-order valence-corrected chi connectivity index (χ3v) is 3.94. The minimum Gasteiger partial charge on any atom is -0.369 e. The molecule has 20 heavy (non-hydrogen) atoms. The molecule has 1 aliphatic carbocycles. The van der Waals surface area contributed by atoms with E-state index in [0.717, 1.165) is 31.4 Å². The van der Waals surface area contributed by atoms with Crippen LogP contribution in [-0.2, 0) is 0 Å². The Bertz CT molecular complexity index is 546. The van der Waals surface area contributed by atoms with Crippen molar-refractivity contribution in [2.45, 2.75) is 31.3 Å². The van der Waals surface area contributed by atoms with Gasteiger partial charge in [0.25, 0.3) is 0 Å². The van der Waals surface area contributed by atoms with Gasteiger partial charge in [-0.25, -0.2) is 4.99 Å². The second-order valence-corrected chi connectivity index (χ2v) is 5.38. The number of hydrogen-bond acceptors (Lipinski definition) is 5. The Hall–Kier alpha value is -1.46. The molecule has 1 aromatic carbocycles. The van der Waals surface area contributed by atoms with Gasteiger partial charge in [0.05, 0.1) is 0 Å². The van der Waals surface area contributed by atoms with E-state index in [0.29, 0.717) is 11.0 Å². The number of anilines is 1. The van der Waals surface area contributed by atoms with Gasteiger partial charge in [-0.3, -0.25) is 4.90 Å². The minimum absolute atomic E-state index is 0. The molecular weight excluding hydrogens is 297 g/mol. The molecule has 4 N–H and O–H groups in total. The molecule has 1 spiro atoms. The molecule has 108 valence electrons. The molecule has 0 saturated heterocycles. The molecule has 0 radical (unpaired) electrons. The summed E-state index contributed by atoms with van der Waals surface area (Å²) in [5.74, 6) is 0.668. The number of halogens is 2. The van der Waals surface area contributed by atoms with Gasteiger partial charge in [0.1, 0.15) is 5.66 Å². The zero-order valence-electron chi connectivity index (χ0n) is 10.9. The molecule has 7 heteroatoms. The number of rotatable bonds is 1. The summed E-state index contributed by atoms with van der Waals surface area (Å²) < 4.78 is 0. The van der Waals surface area contributed by atoms with E-state index < -0.39 is 0 Å². The normalized spacial score (nSPS) is 20.4. The maximum atomic E-state index is 6.08. The van der Waals surface area contributed by atoms with Gasteiger partial charge in [0.2, 0.25) is 11.9 Å². The lowest BCUT2D eigenvalue weighted by Gasteiger charge is -2.41. The van der Waals surface area contributed by atoms with Gasteiger partial charge in [-0.2, -0.15) is 4.99 Å². The summed E-state index contributed by atoms with van der Waals surface area (Å²) >= 11 is 5.93. The van der Waals surface area contributed by atoms with E-state index in [9.17, 15) is 0 Å². The number of benzene rings is 1. The maximum Gasteiger partial charge on any atom is 0.220 e. The Labute approximate surface area is 129 Å². The Morgan fingerprint density at radius 2 is 1.70 bits per heavy atom. The van der Waals surface area contributed by atoms with E-state index in [1.165, 1.54) is 0 Å². The molecule has 1 fully saturated rings. The highest BCUT2D eigenvalue weighted by molar-refractivity contribution is 6.30.